The molecule has 0 amide bonds. The number of nitrogens with zero attached hydrogens (tertiary/aromatic N) is 2. The molecular formula is C16H11Cl3FN3O2. The molecule has 2 aromatic rings. The molecular weight excluding hydrogens is 392 g/mol. The van der Waals surface area contributed by atoms with Crippen molar-refractivity contribution in [3.63, 3.8) is 0 Å². The van der Waals surface area contributed by atoms with Gasteiger partial charge in [0.15, 0.2) is 0 Å². The van der Waals surface area contributed by atoms with Gasteiger partial charge in [0.2, 0.25) is 0 Å². The van der Waals surface area contributed by atoms with Gasteiger partial charge in [-0.25, -0.2) is 9.18 Å². The van der Waals surface area contributed by atoms with E-state index in [0.717, 1.165) is 12.1 Å². The van der Waals surface area contributed by atoms with Crippen molar-refractivity contribution in [3.8, 4) is 0 Å². The highest BCUT2D eigenvalue weighted by molar-refractivity contribution is 6.41. The monoisotopic (exact) mass is 401 g/mol. The van der Waals surface area contributed by atoms with Crippen LogP contribution in [0.15, 0.2) is 46.7 Å². The summed E-state index contributed by atoms with van der Waals surface area (Å²) in [5.41, 5.74) is 3.61. The Bertz CT molecular complexity index is 816. The molecule has 5 nitrogen and oxygen atoms in total. The molecule has 0 aliphatic carbocycles. The standard InChI is InChI=1S/C16H11Cl3FN3O2/c1-9(22-23-15-13(18)6-11(17)7-14(15)19)8-21-25-16(24)10-2-4-12(20)5-3-10/h2-8,23H,1H3/b21-8-,22-9-. The summed E-state index contributed by atoms with van der Waals surface area (Å²) in [6.45, 7) is 1.61. The van der Waals surface area contributed by atoms with Crippen LogP contribution < -0.4 is 5.43 Å². The SMILES string of the molecule is CC(/C=N\OC(=O)c1ccc(F)cc1)=N/Nc1c(Cl)cc(Cl)cc1Cl. The van der Waals surface area contributed by atoms with Crippen molar-refractivity contribution in [1.29, 1.82) is 0 Å². The summed E-state index contributed by atoms with van der Waals surface area (Å²) in [6.07, 6.45) is 1.21. The number of oxime groups is 1. The fourth-order valence-electron chi connectivity index (χ4n) is 1.61. The second-order valence-electron chi connectivity index (χ2n) is 4.73. The van der Waals surface area contributed by atoms with Gasteiger partial charge in [0, 0.05) is 5.02 Å². The van der Waals surface area contributed by atoms with Gasteiger partial charge in [0.25, 0.3) is 0 Å². The Balaban J connectivity index is 1.96. The van der Waals surface area contributed by atoms with Crippen LogP contribution >= 0.6 is 34.8 Å². The van der Waals surface area contributed by atoms with Crippen molar-refractivity contribution in [1.82, 2.24) is 0 Å². The Hall–Kier alpha value is -2.15. The number of hydrogen-bond acceptors (Lipinski definition) is 5. The van der Waals surface area contributed by atoms with Gasteiger partial charge in [-0.05, 0) is 43.3 Å². The minimum absolute atomic E-state index is 0.172. The lowest BCUT2D eigenvalue weighted by atomic mass is 10.2. The van der Waals surface area contributed by atoms with Gasteiger partial charge >= 0.3 is 5.97 Å². The van der Waals surface area contributed by atoms with E-state index < -0.39 is 11.8 Å². The Kier molecular flexibility index (Phi) is 6.75. The van der Waals surface area contributed by atoms with Crippen LogP contribution in [0.25, 0.3) is 0 Å². The highest BCUT2D eigenvalue weighted by Crippen LogP contribution is 2.33. The lowest BCUT2D eigenvalue weighted by Gasteiger charge is -2.06. The summed E-state index contributed by atoms with van der Waals surface area (Å²) in [5, 5.41) is 8.50. The molecule has 0 radical (unpaired) electrons. The van der Waals surface area contributed by atoms with E-state index in [1.165, 1.54) is 30.5 Å². The first-order valence-corrected chi connectivity index (χ1v) is 7.95. The molecule has 0 atom stereocenters. The molecule has 9 heteroatoms. The molecule has 0 aromatic heterocycles. The number of hydrogen-bond donors (Lipinski definition) is 1. The van der Waals surface area contributed by atoms with Gasteiger partial charge in [-0.3, -0.25) is 5.43 Å². The van der Waals surface area contributed by atoms with Gasteiger partial charge < -0.3 is 4.84 Å². The van der Waals surface area contributed by atoms with Crippen molar-refractivity contribution in [3.05, 3.63) is 62.8 Å². The van der Waals surface area contributed by atoms with Crippen molar-refractivity contribution in [2.24, 2.45) is 10.3 Å². The van der Waals surface area contributed by atoms with E-state index in [1.54, 1.807) is 6.92 Å². The minimum atomic E-state index is -0.721. The Morgan fingerprint density at radius 3 is 2.36 bits per heavy atom. The molecule has 25 heavy (non-hydrogen) atoms. The molecule has 0 heterocycles. The number of carbonyl (C=O) groups is 1. The number of benzene rings is 2. The zero-order chi connectivity index (χ0) is 18.4. The molecule has 1 N–H and O–H groups in total. The van der Waals surface area contributed by atoms with E-state index in [4.69, 9.17) is 34.8 Å². The van der Waals surface area contributed by atoms with Crippen LogP contribution in [-0.2, 0) is 4.84 Å². The molecule has 0 aliphatic rings. The fourth-order valence-corrected chi connectivity index (χ4v) is 2.51. The molecule has 2 aromatic carbocycles. The highest BCUT2D eigenvalue weighted by atomic mass is 35.5. The van der Waals surface area contributed by atoms with E-state index in [2.05, 4.69) is 20.5 Å². The van der Waals surface area contributed by atoms with Crippen molar-refractivity contribution in [2.75, 3.05) is 5.43 Å². The van der Waals surface area contributed by atoms with Gasteiger partial charge in [0.05, 0.1) is 33.2 Å². The summed E-state index contributed by atoms with van der Waals surface area (Å²) in [7, 11) is 0. The van der Waals surface area contributed by atoms with Crippen LogP contribution in [0, 0.1) is 5.82 Å². The number of nitrogens with one attached hydrogen (secondary N) is 1. The average molecular weight is 403 g/mol. The second kappa shape index (κ2) is 8.80. The molecule has 0 saturated heterocycles. The third kappa shape index (κ3) is 5.70. The quantitative estimate of drug-likeness (QED) is 0.413. The largest absolute Gasteiger partial charge is 0.365 e. The summed E-state index contributed by atoms with van der Waals surface area (Å²) < 4.78 is 12.8. The zero-order valence-electron chi connectivity index (χ0n) is 12.8. The predicted octanol–water partition coefficient (Wildman–Crippen LogP) is 5.42. The van der Waals surface area contributed by atoms with Crippen molar-refractivity contribution >= 4 is 58.4 Å². The maximum Gasteiger partial charge on any atom is 0.365 e. The van der Waals surface area contributed by atoms with Gasteiger partial charge in [-0.15, -0.1) is 0 Å². The molecule has 0 bridgehead atoms. The smallest absolute Gasteiger partial charge is 0.313 e. The summed E-state index contributed by atoms with van der Waals surface area (Å²) >= 11 is 17.8. The predicted molar refractivity (Wildman–Crippen MR) is 98.5 cm³/mol. The normalized spacial score (nSPS) is 11.6. The molecule has 130 valence electrons. The maximum atomic E-state index is 12.8. The Morgan fingerprint density at radius 1 is 1.16 bits per heavy atom. The summed E-state index contributed by atoms with van der Waals surface area (Å²) in [6, 6.07) is 7.91. The lowest BCUT2D eigenvalue weighted by molar-refractivity contribution is 0.0520. The van der Waals surface area contributed by atoms with Gasteiger partial charge in [-0.1, -0.05) is 40.0 Å². The molecule has 0 unspecified atom stereocenters. The Morgan fingerprint density at radius 2 is 1.76 bits per heavy atom. The highest BCUT2D eigenvalue weighted by Gasteiger charge is 2.08. The number of hydrazone groups is 1. The molecule has 0 fully saturated rings. The third-order valence-corrected chi connectivity index (χ3v) is 3.62. The first-order chi connectivity index (χ1) is 11.9. The van der Waals surface area contributed by atoms with Crippen LogP contribution in [0.5, 0.6) is 0 Å². The molecule has 0 aliphatic heterocycles. The number of rotatable bonds is 5. The van der Waals surface area contributed by atoms with E-state index >= 15 is 0 Å². The zero-order valence-corrected chi connectivity index (χ0v) is 15.0. The van der Waals surface area contributed by atoms with Crippen LogP contribution in [-0.4, -0.2) is 17.9 Å². The third-order valence-electron chi connectivity index (χ3n) is 2.81. The van der Waals surface area contributed by atoms with E-state index in [9.17, 15) is 9.18 Å². The topological polar surface area (TPSA) is 63.0 Å². The fraction of sp³-hybridized carbons (Fsp3) is 0.0625. The number of halogens is 4. The summed E-state index contributed by atoms with van der Waals surface area (Å²) in [4.78, 5) is 16.4. The lowest BCUT2D eigenvalue weighted by Crippen LogP contribution is -2.04. The first kappa shape index (κ1) is 19.2. The maximum absolute atomic E-state index is 12.8. The van der Waals surface area contributed by atoms with Gasteiger partial charge in [0.1, 0.15) is 5.82 Å². The van der Waals surface area contributed by atoms with Crippen LogP contribution in [0.4, 0.5) is 10.1 Å². The first-order valence-electron chi connectivity index (χ1n) is 6.82. The van der Waals surface area contributed by atoms with Crippen LogP contribution in [0.2, 0.25) is 15.1 Å². The number of carbonyl (C=O) groups excluding carboxylic acids is 1. The van der Waals surface area contributed by atoms with Crippen LogP contribution in [0.1, 0.15) is 17.3 Å². The molecule has 2 rings (SSSR count). The van der Waals surface area contributed by atoms with E-state index in [1.807, 2.05) is 0 Å². The molecule has 0 spiro atoms. The van der Waals surface area contributed by atoms with Crippen LogP contribution in [0.3, 0.4) is 0 Å². The van der Waals surface area contributed by atoms with E-state index in [0.29, 0.717) is 26.5 Å². The van der Waals surface area contributed by atoms with Crippen molar-refractivity contribution in [2.45, 2.75) is 6.92 Å². The Labute approximate surface area is 158 Å². The van der Waals surface area contributed by atoms with Gasteiger partial charge in [-0.2, -0.15) is 5.10 Å². The number of anilines is 1. The average Bonchev–Trinajstić information content (AvgIpc) is 2.54. The minimum Gasteiger partial charge on any atom is -0.313 e. The second-order valence-corrected chi connectivity index (χ2v) is 5.98. The van der Waals surface area contributed by atoms with E-state index in [-0.39, 0.29) is 5.56 Å². The molecule has 0 saturated carbocycles. The summed E-state index contributed by atoms with van der Waals surface area (Å²) in [5.74, 6) is -1.17. The van der Waals surface area contributed by atoms with Crippen molar-refractivity contribution < 1.29 is 14.0 Å².